The van der Waals surface area contributed by atoms with Crippen molar-refractivity contribution in [1.29, 1.82) is 0 Å². The fourth-order valence-corrected chi connectivity index (χ4v) is 0.420. The van der Waals surface area contributed by atoms with Crippen molar-refractivity contribution in [2.24, 2.45) is 0 Å². The lowest BCUT2D eigenvalue weighted by Crippen LogP contribution is -1.54. The highest BCUT2D eigenvalue weighted by Crippen LogP contribution is 2.04. The summed E-state index contributed by atoms with van der Waals surface area (Å²) in [5.74, 6) is 0.0718. The molecule has 0 atom stereocenters. The molecule has 1 rings (SSSR count). The largest absolute Gasteiger partial charge is 0.290 e. The van der Waals surface area contributed by atoms with Crippen molar-refractivity contribution >= 4 is 13.5 Å². The lowest BCUT2D eigenvalue weighted by molar-refractivity contribution is 0.355. The molecular formula is C6H7OS. The average Bonchev–Trinajstić information content (AvgIpc) is 1.69. The van der Waals surface area contributed by atoms with Gasteiger partial charge in [0.05, 0.1) is 0 Å². The molecule has 0 amide bonds. The van der Waals surface area contributed by atoms with Crippen molar-refractivity contribution in [3.05, 3.63) is 30.3 Å². The fraction of sp³-hybridized carbons (Fsp3) is 0. The van der Waals surface area contributed by atoms with Gasteiger partial charge in [-0.05, 0) is 12.1 Å². The van der Waals surface area contributed by atoms with Gasteiger partial charge in [0.1, 0.15) is 0 Å². The first-order valence-corrected chi connectivity index (χ1v) is 2.11. The predicted molar refractivity (Wildman–Crippen MR) is 37.0 cm³/mol. The fourth-order valence-electron chi connectivity index (χ4n) is 0.420. The molecule has 0 fully saturated rings. The Labute approximate surface area is 55.4 Å². The van der Waals surface area contributed by atoms with E-state index in [2.05, 4.69) is 0 Å². The summed E-state index contributed by atoms with van der Waals surface area (Å²) < 4.78 is 0. The van der Waals surface area contributed by atoms with Gasteiger partial charge in [-0.2, -0.15) is 13.5 Å². The van der Waals surface area contributed by atoms with Gasteiger partial charge in [0.2, 0.25) is 0 Å². The van der Waals surface area contributed by atoms with Gasteiger partial charge in [0.25, 0.3) is 0 Å². The van der Waals surface area contributed by atoms with Crippen LogP contribution >= 0.6 is 13.5 Å². The number of benzene rings is 1. The van der Waals surface area contributed by atoms with E-state index in [9.17, 15) is 5.11 Å². The molecule has 1 aromatic rings. The van der Waals surface area contributed by atoms with Crippen LogP contribution in [-0.4, -0.2) is 0 Å². The van der Waals surface area contributed by atoms with Gasteiger partial charge in [-0.15, -0.1) is 0 Å². The number of hydrogen-bond donors (Lipinski definition) is 0. The van der Waals surface area contributed by atoms with Crippen molar-refractivity contribution in [1.82, 2.24) is 0 Å². The molecule has 0 heterocycles. The summed E-state index contributed by atoms with van der Waals surface area (Å²) >= 11 is 0. The van der Waals surface area contributed by atoms with Crippen LogP contribution in [-0.2, 0) is 5.11 Å². The van der Waals surface area contributed by atoms with Gasteiger partial charge in [0.15, 0.2) is 5.75 Å². The van der Waals surface area contributed by atoms with Crippen LogP contribution in [0, 0.1) is 0 Å². The Morgan fingerprint density at radius 2 is 1.50 bits per heavy atom. The minimum Gasteiger partial charge on any atom is -0.290 e. The molecule has 0 aromatic heterocycles. The second-order valence-corrected chi connectivity index (χ2v) is 1.31. The van der Waals surface area contributed by atoms with Gasteiger partial charge >= 0.3 is 0 Å². The third-order valence-electron chi connectivity index (χ3n) is 0.743. The molecule has 0 spiro atoms. The molecule has 1 aromatic carbocycles. The zero-order valence-corrected chi connectivity index (χ0v) is 5.29. The second-order valence-electron chi connectivity index (χ2n) is 1.31. The summed E-state index contributed by atoms with van der Waals surface area (Å²) in [5.41, 5.74) is 0. The van der Waals surface area contributed by atoms with Crippen LogP contribution in [0.15, 0.2) is 30.3 Å². The van der Waals surface area contributed by atoms with Crippen LogP contribution in [0.2, 0.25) is 0 Å². The van der Waals surface area contributed by atoms with E-state index in [0.29, 0.717) is 0 Å². The Bertz CT molecular complexity index is 138. The number of rotatable bonds is 0. The van der Waals surface area contributed by atoms with E-state index in [4.69, 9.17) is 0 Å². The molecule has 0 aliphatic heterocycles. The molecule has 0 N–H and O–H groups in total. The highest BCUT2D eigenvalue weighted by Gasteiger charge is 1.78. The predicted octanol–water partition coefficient (Wildman–Crippen LogP) is 1.94. The van der Waals surface area contributed by atoms with E-state index in [1.165, 1.54) is 12.1 Å². The average molecular weight is 127 g/mol. The normalized spacial score (nSPS) is 7.50. The number of hydrogen-bond acceptors (Lipinski definition) is 0. The van der Waals surface area contributed by atoms with E-state index in [1.54, 1.807) is 12.1 Å². The second kappa shape index (κ2) is 3.38. The van der Waals surface area contributed by atoms with Crippen LogP contribution in [0.1, 0.15) is 0 Å². The van der Waals surface area contributed by atoms with Crippen LogP contribution in [0.3, 0.4) is 0 Å². The van der Waals surface area contributed by atoms with E-state index >= 15 is 0 Å². The molecule has 1 radical (unpaired) electrons. The van der Waals surface area contributed by atoms with E-state index in [0.717, 1.165) is 0 Å². The van der Waals surface area contributed by atoms with Crippen LogP contribution in [0.4, 0.5) is 0 Å². The summed E-state index contributed by atoms with van der Waals surface area (Å²) in [6.45, 7) is 0. The Balaban J connectivity index is 0.000000490. The molecule has 1 nitrogen and oxygen atoms in total. The van der Waals surface area contributed by atoms with Gasteiger partial charge < -0.3 is 0 Å². The highest BCUT2D eigenvalue weighted by atomic mass is 32.1. The minimum absolute atomic E-state index is 0. The monoisotopic (exact) mass is 127 g/mol. The van der Waals surface area contributed by atoms with Crippen LogP contribution < -0.4 is 0 Å². The van der Waals surface area contributed by atoms with E-state index in [-0.39, 0.29) is 19.2 Å². The molecule has 43 valence electrons. The first-order valence-electron chi connectivity index (χ1n) is 2.11. The summed E-state index contributed by atoms with van der Waals surface area (Å²) in [7, 11) is 0. The molecule has 2 heteroatoms. The minimum atomic E-state index is 0. The van der Waals surface area contributed by atoms with Crippen molar-refractivity contribution in [3.8, 4) is 5.75 Å². The van der Waals surface area contributed by atoms with Crippen molar-refractivity contribution in [3.63, 3.8) is 0 Å². The van der Waals surface area contributed by atoms with E-state index < -0.39 is 0 Å². The summed E-state index contributed by atoms with van der Waals surface area (Å²) in [5, 5.41) is 10.3. The molecule has 0 bridgehead atoms. The zero-order valence-electron chi connectivity index (χ0n) is 4.29. The maximum absolute atomic E-state index is 10.3. The topological polar surface area (TPSA) is 19.9 Å². The van der Waals surface area contributed by atoms with E-state index in [1.807, 2.05) is 6.07 Å². The van der Waals surface area contributed by atoms with Gasteiger partial charge in [-0.1, -0.05) is 18.2 Å². The highest BCUT2D eigenvalue weighted by molar-refractivity contribution is 7.59. The van der Waals surface area contributed by atoms with Gasteiger partial charge in [-0.3, -0.25) is 5.11 Å². The smallest absolute Gasteiger partial charge is 0.178 e. The molecule has 0 aliphatic rings. The lowest BCUT2D eigenvalue weighted by atomic mass is 10.3. The maximum atomic E-state index is 10.3. The molecule has 0 unspecified atom stereocenters. The first kappa shape index (κ1) is 7.37. The van der Waals surface area contributed by atoms with Gasteiger partial charge in [0, 0.05) is 0 Å². The first-order chi connectivity index (χ1) is 3.39. The lowest BCUT2D eigenvalue weighted by Gasteiger charge is -1.77. The molecule has 8 heavy (non-hydrogen) atoms. The Hall–Kier alpha value is -0.630. The Morgan fingerprint density at radius 3 is 1.75 bits per heavy atom. The summed E-state index contributed by atoms with van der Waals surface area (Å²) in [4.78, 5) is 0. The van der Waals surface area contributed by atoms with Crippen LogP contribution in [0.25, 0.3) is 0 Å². The van der Waals surface area contributed by atoms with Crippen LogP contribution in [0.5, 0.6) is 5.75 Å². The zero-order chi connectivity index (χ0) is 5.11. The van der Waals surface area contributed by atoms with Gasteiger partial charge in [-0.25, -0.2) is 0 Å². The van der Waals surface area contributed by atoms with Crippen molar-refractivity contribution < 1.29 is 5.11 Å². The Kier molecular flexibility index (Phi) is 3.12. The third-order valence-corrected chi connectivity index (χ3v) is 0.743. The molecule has 0 saturated heterocycles. The molecule has 0 aliphatic carbocycles. The van der Waals surface area contributed by atoms with Crippen molar-refractivity contribution in [2.75, 3.05) is 0 Å². The third kappa shape index (κ3) is 1.89. The SMILES string of the molecule is S.[O]c1ccccc1. The van der Waals surface area contributed by atoms with Crippen molar-refractivity contribution in [2.45, 2.75) is 0 Å². The standard InChI is InChI=1S/C6H5O.H2S/c7-6-4-2-1-3-5-6;/h1-5H;1H2. The maximum Gasteiger partial charge on any atom is 0.178 e. The summed E-state index contributed by atoms with van der Waals surface area (Å²) in [6.07, 6.45) is 0. The molecule has 0 saturated carbocycles. The summed E-state index contributed by atoms with van der Waals surface area (Å²) in [6, 6.07) is 8.33. The number of para-hydroxylation sites is 1. The Morgan fingerprint density at radius 1 is 1.00 bits per heavy atom. The molecular weight excluding hydrogens is 120 g/mol. The quantitative estimate of drug-likeness (QED) is 0.507.